The highest BCUT2D eigenvalue weighted by Crippen LogP contribution is 2.28. The number of aromatic nitrogens is 1. The van der Waals surface area contributed by atoms with E-state index in [4.69, 9.17) is 9.41 Å². The Hall–Kier alpha value is -4.19. The second-order valence-electron chi connectivity index (χ2n) is 6.78. The van der Waals surface area contributed by atoms with Crippen molar-refractivity contribution in [1.29, 1.82) is 0 Å². The molecule has 136 valence electrons. The maximum atomic E-state index is 5.51. The van der Waals surface area contributed by atoms with Gasteiger partial charge in [0, 0.05) is 0 Å². The smallest absolute Gasteiger partial charge is 0.228 e. The van der Waals surface area contributed by atoms with E-state index in [0.29, 0.717) is 5.89 Å². The molecule has 0 aromatic carbocycles. The van der Waals surface area contributed by atoms with Crippen LogP contribution in [0.25, 0.3) is 5.57 Å². The van der Waals surface area contributed by atoms with Crippen LogP contribution in [0.4, 0.5) is 0 Å². The van der Waals surface area contributed by atoms with Gasteiger partial charge >= 0.3 is 0 Å². The average Bonchev–Trinajstić information content (AvgIpc) is 3.50. The molecule has 6 rings (SSSR count). The Balaban J connectivity index is 1.52. The van der Waals surface area contributed by atoms with Crippen LogP contribution in [0.3, 0.4) is 0 Å². The minimum Gasteiger partial charge on any atom is -0.444 e. The molecule has 0 atom stereocenters. The summed E-state index contributed by atoms with van der Waals surface area (Å²) >= 11 is 0. The van der Waals surface area contributed by atoms with Gasteiger partial charge in [-0.15, -0.1) is 0 Å². The Morgan fingerprint density at radius 2 is 1.14 bits per heavy atom. The van der Waals surface area contributed by atoms with Crippen molar-refractivity contribution < 1.29 is 4.42 Å². The Morgan fingerprint density at radius 1 is 0.552 bits per heavy atom. The normalized spacial score (nSPS) is 21.2. The third kappa shape index (κ3) is 2.96. The Labute approximate surface area is 166 Å². The van der Waals surface area contributed by atoms with Crippen LogP contribution in [0.15, 0.2) is 126 Å². The van der Waals surface area contributed by atoms with E-state index in [1.165, 1.54) is 0 Å². The zero-order valence-electron chi connectivity index (χ0n) is 15.1. The van der Waals surface area contributed by atoms with Crippen molar-refractivity contribution in [3.05, 3.63) is 108 Å². The summed E-state index contributed by atoms with van der Waals surface area (Å²) in [5.74, 6) is 0.525. The predicted molar refractivity (Wildman–Crippen MR) is 114 cm³/mol. The fraction of sp³-hybridized carbons (Fsp3) is 0. The second kappa shape index (κ2) is 6.17. The van der Waals surface area contributed by atoms with Gasteiger partial charge in [0.1, 0.15) is 6.26 Å². The monoisotopic (exact) mass is 375 g/mol. The molecule has 0 unspecified atom stereocenters. The van der Waals surface area contributed by atoms with E-state index in [1.807, 2.05) is 66.8 Å². The minimum absolute atomic E-state index is 0.525. The van der Waals surface area contributed by atoms with Gasteiger partial charge in [0.05, 0.1) is 57.4 Å². The fourth-order valence-electron chi connectivity index (χ4n) is 3.43. The summed E-state index contributed by atoms with van der Waals surface area (Å²) in [6.07, 6.45) is 24.7. The molecule has 6 nitrogen and oxygen atoms in total. The number of hydrogen-bond donors (Lipinski definition) is 0. The van der Waals surface area contributed by atoms with Gasteiger partial charge in [-0.05, 0) is 66.8 Å². The first kappa shape index (κ1) is 15.8. The molecule has 0 radical (unpaired) electrons. The summed E-state index contributed by atoms with van der Waals surface area (Å²) in [5.41, 5.74) is 7.43. The average molecular weight is 375 g/mol. The highest BCUT2D eigenvalue weighted by molar-refractivity contribution is 6.31. The van der Waals surface area contributed by atoms with Crippen LogP contribution in [0.1, 0.15) is 5.89 Å². The number of fused-ring (bicyclic) bond motifs is 4. The molecule has 8 bridgehead atoms. The van der Waals surface area contributed by atoms with Gasteiger partial charge in [-0.1, -0.05) is 0 Å². The lowest BCUT2D eigenvalue weighted by Gasteiger charge is -1.98. The molecule has 0 amide bonds. The SMILES string of the molecule is C1=CC2=NC1=CC1=NC(=CC3=NC(=CC4=NC(=C2)C=C4)C=C3c2ncco2)C=C1. The van der Waals surface area contributed by atoms with Gasteiger partial charge in [0.25, 0.3) is 0 Å². The van der Waals surface area contributed by atoms with Gasteiger partial charge in [0.2, 0.25) is 5.89 Å². The molecule has 29 heavy (non-hydrogen) atoms. The summed E-state index contributed by atoms with van der Waals surface area (Å²) in [4.78, 5) is 23.0. The molecular weight excluding hydrogens is 362 g/mol. The van der Waals surface area contributed by atoms with Crippen LogP contribution < -0.4 is 0 Å². The van der Waals surface area contributed by atoms with Crippen molar-refractivity contribution in [2.24, 2.45) is 20.0 Å². The summed E-state index contributed by atoms with van der Waals surface area (Å²) in [6.45, 7) is 0. The lowest BCUT2D eigenvalue weighted by atomic mass is 10.1. The number of rotatable bonds is 1. The lowest BCUT2D eigenvalue weighted by molar-refractivity contribution is 0.544. The van der Waals surface area contributed by atoms with Crippen molar-refractivity contribution in [3.8, 4) is 0 Å². The van der Waals surface area contributed by atoms with Gasteiger partial charge in [0.15, 0.2) is 0 Å². The van der Waals surface area contributed by atoms with Crippen LogP contribution >= 0.6 is 0 Å². The van der Waals surface area contributed by atoms with Crippen LogP contribution in [-0.4, -0.2) is 27.8 Å². The van der Waals surface area contributed by atoms with E-state index in [0.717, 1.165) is 51.2 Å². The molecule has 1 aromatic rings. The molecule has 1 aromatic heterocycles. The number of hydrogen-bond acceptors (Lipinski definition) is 6. The zero-order chi connectivity index (χ0) is 19.2. The Morgan fingerprint density at radius 3 is 1.72 bits per heavy atom. The van der Waals surface area contributed by atoms with Crippen LogP contribution in [0.5, 0.6) is 0 Å². The number of oxazole rings is 1. The molecular formula is C23H13N5O. The first-order chi connectivity index (χ1) is 14.3. The van der Waals surface area contributed by atoms with Crippen molar-refractivity contribution in [3.63, 3.8) is 0 Å². The third-order valence-electron chi connectivity index (χ3n) is 4.70. The molecule has 0 saturated heterocycles. The fourth-order valence-corrected chi connectivity index (χ4v) is 3.43. The van der Waals surface area contributed by atoms with Crippen molar-refractivity contribution >= 4 is 28.4 Å². The number of nitrogens with zero attached hydrogens (tertiary/aromatic N) is 5. The van der Waals surface area contributed by atoms with Gasteiger partial charge in [-0.2, -0.15) is 0 Å². The molecule has 6 heteroatoms. The van der Waals surface area contributed by atoms with Crippen molar-refractivity contribution in [1.82, 2.24) is 4.98 Å². The van der Waals surface area contributed by atoms with Crippen LogP contribution in [0.2, 0.25) is 0 Å². The van der Waals surface area contributed by atoms with Gasteiger partial charge in [-0.3, -0.25) is 0 Å². The van der Waals surface area contributed by atoms with E-state index >= 15 is 0 Å². The molecule has 6 heterocycles. The van der Waals surface area contributed by atoms with Gasteiger partial charge < -0.3 is 4.42 Å². The summed E-state index contributed by atoms with van der Waals surface area (Å²) < 4.78 is 5.51. The first-order valence-electron chi connectivity index (χ1n) is 9.16. The highest BCUT2D eigenvalue weighted by atomic mass is 16.3. The van der Waals surface area contributed by atoms with E-state index in [1.54, 1.807) is 12.5 Å². The zero-order valence-corrected chi connectivity index (χ0v) is 15.1. The van der Waals surface area contributed by atoms with Crippen molar-refractivity contribution in [2.45, 2.75) is 0 Å². The standard InChI is InChI=1S/C23H13N5O/c1-2-15-10-17-5-6-19(27-17)13-22-21(23-24-7-8-29-23)12-20(28-22)11-18-4-3-16(26-18)9-14(1)25-15/h1-13H. The topological polar surface area (TPSA) is 75.5 Å². The molecule has 0 spiro atoms. The van der Waals surface area contributed by atoms with E-state index in [-0.39, 0.29) is 0 Å². The van der Waals surface area contributed by atoms with E-state index < -0.39 is 0 Å². The minimum atomic E-state index is 0.525. The Bertz CT molecular complexity index is 1310. The Kier molecular flexibility index (Phi) is 3.37. The molecule has 5 aliphatic rings. The maximum Gasteiger partial charge on any atom is 0.228 e. The van der Waals surface area contributed by atoms with Crippen molar-refractivity contribution in [2.75, 3.05) is 0 Å². The number of aliphatic imine (C=N–C) groups is 4. The molecule has 0 saturated carbocycles. The quantitative estimate of drug-likeness (QED) is 0.741. The molecule has 0 N–H and O–H groups in total. The van der Waals surface area contributed by atoms with Crippen LogP contribution in [-0.2, 0) is 0 Å². The number of allylic oxidation sites excluding steroid dienone is 12. The van der Waals surface area contributed by atoms with Crippen LogP contribution in [0, 0.1) is 0 Å². The second-order valence-corrected chi connectivity index (χ2v) is 6.78. The predicted octanol–water partition coefficient (Wildman–Crippen LogP) is 4.09. The molecule has 0 aliphatic carbocycles. The molecule has 0 fully saturated rings. The first-order valence-corrected chi connectivity index (χ1v) is 9.16. The van der Waals surface area contributed by atoms with E-state index in [2.05, 4.69) is 20.0 Å². The molecule has 5 aliphatic heterocycles. The third-order valence-corrected chi connectivity index (χ3v) is 4.70. The van der Waals surface area contributed by atoms with E-state index in [9.17, 15) is 0 Å². The summed E-state index contributed by atoms with van der Waals surface area (Å²) in [6, 6.07) is 0. The summed E-state index contributed by atoms with van der Waals surface area (Å²) in [5, 5.41) is 0. The lowest BCUT2D eigenvalue weighted by Crippen LogP contribution is -1.96. The van der Waals surface area contributed by atoms with Gasteiger partial charge in [-0.25, -0.2) is 25.0 Å². The summed E-state index contributed by atoms with van der Waals surface area (Å²) in [7, 11) is 0. The highest BCUT2D eigenvalue weighted by Gasteiger charge is 2.20. The largest absolute Gasteiger partial charge is 0.444 e. The maximum absolute atomic E-state index is 5.51.